The van der Waals surface area contributed by atoms with E-state index < -0.39 is 0 Å². The number of nitriles is 1. The van der Waals surface area contributed by atoms with Crippen molar-refractivity contribution in [2.75, 3.05) is 31.1 Å². The van der Waals surface area contributed by atoms with Crippen LogP contribution in [0.1, 0.15) is 24.2 Å². The Labute approximate surface area is 129 Å². The van der Waals surface area contributed by atoms with E-state index in [1.807, 2.05) is 6.07 Å². The first-order valence-corrected chi connectivity index (χ1v) is 8.09. The fraction of sp³-hybridized carbons (Fsp3) is 0.375. The van der Waals surface area contributed by atoms with Crippen molar-refractivity contribution in [3.63, 3.8) is 0 Å². The molecule has 0 N–H and O–H groups in total. The van der Waals surface area contributed by atoms with E-state index in [-0.39, 0.29) is 0 Å². The van der Waals surface area contributed by atoms with Gasteiger partial charge in [-0.05, 0) is 41.4 Å². The molecule has 1 fully saturated rings. The monoisotopic (exact) mass is 298 g/mol. The van der Waals surface area contributed by atoms with Crippen molar-refractivity contribution in [1.82, 2.24) is 9.88 Å². The Bertz CT molecular complexity index is 607. The summed E-state index contributed by atoms with van der Waals surface area (Å²) in [5.74, 6) is 0. The van der Waals surface area contributed by atoms with Gasteiger partial charge in [0.25, 0.3) is 0 Å². The molecule has 1 aliphatic rings. The molecule has 0 aromatic carbocycles. The summed E-state index contributed by atoms with van der Waals surface area (Å²) in [5, 5.41) is 13.2. The summed E-state index contributed by atoms with van der Waals surface area (Å²) >= 11 is 1.76. The molecule has 5 heteroatoms. The first kappa shape index (κ1) is 14.1. The molecule has 0 spiro atoms. The van der Waals surface area contributed by atoms with Gasteiger partial charge in [-0.3, -0.25) is 4.90 Å². The molecular formula is C16H18N4S. The third-order valence-electron chi connectivity index (χ3n) is 4.12. The fourth-order valence-corrected chi connectivity index (χ4v) is 3.48. The SMILES string of the molecule is C[C@H](c1ccsc1)N1CCN(c2ccc(C#N)nc2)CC1. The average molecular weight is 298 g/mol. The van der Waals surface area contributed by atoms with Gasteiger partial charge in [0.05, 0.1) is 11.9 Å². The number of nitrogens with zero attached hydrogens (tertiary/aromatic N) is 4. The highest BCUT2D eigenvalue weighted by Gasteiger charge is 2.22. The van der Waals surface area contributed by atoms with Gasteiger partial charge in [-0.2, -0.15) is 16.6 Å². The van der Waals surface area contributed by atoms with Crippen LogP contribution in [-0.2, 0) is 0 Å². The number of rotatable bonds is 3. The molecule has 0 aliphatic carbocycles. The van der Waals surface area contributed by atoms with Gasteiger partial charge >= 0.3 is 0 Å². The lowest BCUT2D eigenvalue weighted by Crippen LogP contribution is -2.47. The largest absolute Gasteiger partial charge is 0.368 e. The maximum atomic E-state index is 8.79. The molecular weight excluding hydrogens is 280 g/mol. The van der Waals surface area contributed by atoms with Crippen LogP contribution in [0.4, 0.5) is 5.69 Å². The van der Waals surface area contributed by atoms with Crippen LogP contribution in [0.25, 0.3) is 0 Å². The van der Waals surface area contributed by atoms with E-state index in [1.165, 1.54) is 5.56 Å². The summed E-state index contributed by atoms with van der Waals surface area (Å²) in [4.78, 5) is 9.01. The molecule has 0 radical (unpaired) electrons. The predicted octanol–water partition coefficient (Wildman–Crippen LogP) is 2.90. The van der Waals surface area contributed by atoms with E-state index in [9.17, 15) is 0 Å². The molecule has 4 nitrogen and oxygen atoms in total. The number of anilines is 1. The summed E-state index contributed by atoms with van der Waals surface area (Å²) in [5.41, 5.74) is 2.99. The molecule has 0 unspecified atom stereocenters. The zero-order chi connectivity index (χ0) is 14.7. The normalized spacial score (nSPS) is 17.4. The van der Waals surface area contributed by atoms with Gasteiger partial charge in [0.15, 0.2) is 0 Å². The summed E-state index contributed by atoms with van der Waals surface area (Å²) in [6.45, 7) is 6.39. The molecule has 0 bridgehead atoms. The topological polar surface area (TPSA) is 43.2 Å². The minimum Gasteiger partial charge on any atom is -0.368 e. The van der Waals surface area contributed by atoms with Gasteiger partial charge in [-0.25, -0.2) is 4.98 Å². The van der Waals surface area contributed by atoms with Gasteiger partial charge in [0.2, 0.25) is 0 Å². The van der Waals surface area contributed by atoms with Crippen molar-refractivity contribution in [1.29, 1.82) is 5.26 Å². The van der Waals surface area contributed by atoms with Crippen molar-refractivity contribution in [2.45, 2.75) is 13.0 Å². The summed E-state index contributed by atoms with van der Waals surface area (Å²) in [7, 11) is 0. The van der Waals surface area contributed by atoms with E-state index in [0.29, 0.717) is 11.7 Å². The molecule has 2 aromatic rings. The zero-order valence-electron chi connectivity index (χ0n) is 12.1. The molecule has 3 rings (SSSR count). The smallest absolute Gasteiger partial charge is 0.140 e. The summed E-state index contributed by atoms with van der Waals surface area (Å²) in [6.07, 6.45) is 1.80. The number of aromatic nitrogens is 1. The van der Waals surface area contributed by atoms with Crippen LogP contribution in [0.15, 0.2) is 35.2 Å². The lowest BCUT2D eigenvalue weighted by Gasteiger charge is -2.38. The highest BCUT2D eigenvalue weighted by atomic mass is 32.1. The average Bonchev–Trinajstić information content (AvgIpc) is 3.09. The molecule has 1 aliphatic heterocycles. The van der Waals surface area contributed by atoms with Gasteiger partial charge < -0.3 is 4.90 Å². The molecule has 1 atom stereocenters. The fourth-order valence-electron chi connectivity index (χ4n) is 2.73. The summed E-state index contributed by atoms with van der Waals surface area (Å²) < 4.78 is 0. The van der Waals surface area contributed by atoms with Crippen molar-refractivity contribution in [3.05, 3.63) is 46.4 Å². The van der Waals surface area contributed by atoms with Crippen LogP contribution in [0, 0.1) is 11.3 Å². The van der Waals surface area contributed by atoms with Gasteiger partial charge in [0.1, 0.15) is 11.8 Å². The third-order valence-corrected chi connectivity index (χ3v) is 4.82. The Hall–Kier alpha value is -1.90. The lowest BCUT2D eigenvalue weighted by atomic mass is 10.1. The van der Waals surface area contributed by atoms with Crippen molar-refractivity contribution < 1.29 is 0 Å². The molecule has 0 saturated carbocycles. The Morgan fingerprint density at radius 1 is 1.24 bits per heavy atom. The maximum absolute atomic E-state index is 8.79. The van der Waals surface area contributed by atoms with E-state index in [1.54, 1.807) is 23.6 Å². The first-order valence-electron chi connectivity index (χ1n) is 7.15. The van der Waals surface area contributed by atoms with Crippen LogP contribution in [0.3, 0.4) is 0 Å². The van der Waals surface area contributed by atoms with E-state index >= 15 is 0 Å². The standard InChI is InChI=1S/C16H18N4S/c1-13(14-4-9-21-12-14)19-5-7-20(8-6-19)16-3-2-15(10-17)18-11-16/h2-4,9,11-13H,5-8H2,1H3/t13-/m1/s1. The zero-order valence-corrected chi connectivity index (χ0v) is 12.9. The first-order chi connectivity index (χ1) is 10.3. The maximum Gasteiger partial charge on any atom is 0.140 e. The second-order valence-electron chi connectivity index (χ2n) is 5.27. The second kappa shape index (κ2) is 6.25. The molecule has 1 saturated heterocycles. The van der Waals surface area contributed by atoms with Gasteiger partial charge in [-0.1, -0.05) is 0 Å². The van der Waals surface area contributed by atoms with Crippen LogP contribution in [0.5, 0.6) is 0 Å². The minimum absolute atomic E-state index is 0.475. The Morgan fingerprint density at radius 2 is 2.05 bits per heavy atom. The number of thiophene rings is 1. The number of hydrogen-bond donors (Lipinski definition) is 0. The third kappa shape index (κ3) is 3.07. The number of hydrogen-bond acceptors (Lipinski definition) is 5. The Morgan fingerprint density at radius 3 is 2.62 bits per heavy atom. The highest BCUT2D eigenvalue weighted by Crippen LogP contribution is 2.25. The summed E-state index contributed by atoms with van der Waals surface area (Å²) in [6, 6.07) is 8.53. The molecule has 108 valence electrons. The molecule has 21 heavy (non-hydrogen) atoms. The van der Waals surface area contributed by atoms with E-state index in [0.717, 1.165) is 31.9 Å². The minimum atomic E-state index is 0.475. The highest BCUT2D eigenvalue weighted by molar-refractivity contribution is 7.07. The quantitative estimate of drug-likeness (QED) is 0.874. The number of pyridine rings is 1. The van der Waals surface area contributed by atoms with Crippen LogP contribution >= 0.6 is 11.3 Å². The lowest BCUT2D eigenvalue weighted by molar-refractivity contribution is 0.199. The van der Waals surface area contributed by atoms with Crippen molar-refractivity contribution in [2.24, 2.45) is 0 Å². The van der Waals surface area contributed by atoms with E-state index in [2.05, 4.69) is 44.6 Å². The van der Waals surface area contributed by atoms with E-state index in [4.69, 9.17) is 5.26 Å². The van der Waals surface area contributed by atoms with Crippen LogP contribution < -0.4 is 4.90 Å². The van der Waals surface area contributed by atoms with Crippen LogP contribution in [-0.4, -0.2) is 36.1 Å². The van der Waals surface area contributed by atoms with Crippen LogP contribution in [0.2, 0.25) is 0 Å². The molecule has 0 amide bonds. The Kier molecular flexibility index (Phi) is 4.18. The predicted molar refractivity (Wildman–Crippen MR) is 85.5 cm³/mol. The second-order valence-corrected chi connectivity index (χ2v) is 6.05. The van der Waals surface area contributed by atoms with Crippen molar-refractivity contribution >= 4 is 17.0 Å². The number of piperazine rings is 1. The van der Waals surface area contributed by atoms with Crippen molar-refractivity contribution in [3.8, 4) is 6.07 Å². The Balaban J connectivity index is 1.61. The molecule has 2 aromatic heterocycles. The van der Waals surface area contributed by atoms with Gasteiger partial charge in [0, 0.05) is 32.2 Å². The van der Waals surface area contributed by atoms with Gasteiger partial charge in [-0.15, -0.1) is 0 Å². The molecule has 3 heterocycles.